The van der Waals surface area contributed by atoms with Gasteiger partial charge in [-0.05, 0) is 66.4 Å². The summed E-state index contributed by atoms with van der Waals surface area (Å²) in [6.45, 7) is 4.12. The van der Waals surface area contributed by atoms with Gasteiger partial charge in [-0.2, -0.15) is 4.68 Å². The fraction of sp³-hybridized carbons (Fsp3) is 0.364. The van der Waals surface area contributed by atoms with Crippen LogP contribution in [0.15, 0.2) is 48.5 Å². The molecular formula is C22H25N5O2. The van der Waals surface area contributed by atoms with E-state index < -0.39 is 11.6 Å². The minimum Gasteiger partial charge on any atom is -0.410 e. The lowest BCUT2D eigenvalue weighted by atomic mass is 9.81. The monoisotopic (exact) mass is 391 g/mol. The van der Waals surface area contributed by atoms with Gasteiger partial charge in [0.15, 0.2) is 5.82 Å². The third-order valence-corrected chi connectivity index (χ3v) is 5.70. The molecule has 0 saturated heterocycles. The number of tetrazole rings is 1. The Morgan fingerprint density at radius 2 is 1.79 bits per heavy atom. The van der Waals surface area contributed by atoms with Crippen LogP contribution < -0.4 is 10.1 Å². The number of amides is 1. The van der Waals surface area contributed by atoms with Gasteiger partial charge in [0.05, 0.1) is 5.69 Å². The Bertz CT molecular complexity index is 993. The Morgan fingerprint density at radius 1 is 1.03 bits per heavy atom. The number of para-hydroxylation sites is 1. The number of hydrogen-bond acceptors (Lipinski definition) is 5. The third-order valence-electron chi connectivity index (χ3n) is 5.70. The smallest absolute Gasteiger partial charge is 0.410 e. The SMILES string of the molecule is Cc1cccc(-n2nnnc2C2(NC(=O)Oc3ccccc3)CCCCC2)c1C. The van der Waals surface area contributed by atoms with Gasteiger partial charge < -0.3 is 10.1 Å². The molecule has 0 atom stereocenters. The van der Waals surface area contributed by atoms with Crippen LogP contribution >= 0.6 is 0 Å². The summed E-state index contributed by atoms with van der Waals surface area (Å²) >= 11 is 0. The summed E-state index contributed by atoms with van der Waals surface area (Å²) in [5.74, 6) is 1.15. The predicted molar refractivity (Wildman–Crippen MR) is 109 cm³/mol. The van der Waals surface area contributed by atoms with E-state index in [-0.39, 0.29) is 0 Å². The number of aryl methyl sites for hydroxylation is 1. The van der Waals surface area contributed by atoms with Crippen molar-refractivity contribution in [3.05, 3.63) is 65.5 Å². The molecule has 0 spiro atoms. The van der Waals surface area contributed by atoms with Gasteiger partial charge in [0, 0.05) is 0 Å². The fourth-order valence-corrected chi connectivity index (χ4v) is 3.99. The molecular weight excluding hydrogens is 366 g/mol. The number of benzene rings is 2. The van der Waals surface area contributed by atoms with E-state index in [9.17, 15) is 4.79 Å². The van der Waals surface area contributed by atoms with Crippen LogP contribution in [-0.4, -0.2) is 26.3 Å². The second-order valence-electron chi connectivity index (χ2n) is 7.60. The summed E-state index contributed by atoms with van der Waals surface area (Å²) in [4.78, 5) is 12.7. The van der Waals surface area contributed by atoms with Gasteiger partial charge in [-0.25, -0.2) is 4.79 Å². The lowest BCUT2D eigenvalue weighted by molar-refractivity contribution is 0.162. The molecule has 0 radical (unpaired) electrons. The van der Waals surface area contributed by atoms with Crippen LogP contribution in [0.5, 0.6) is 5.75 Å². The maximum absolute atomic E-state index is 12.7. The van der Waals surface area contributed by atoms with Crippen LogP contribution in [0.4, 0.5) is 4.79 Å². The topological polar surface area (TPSA) is 81.9 Å². The second kappa shape index (κ2) is 8.03. The summed E-state index contributed by atoms with van der Waals surface area (Å²) in [6, 6.07) is 15.1. The number of carbonyl (C=O) groups excluding carboxylic acids is 1. The van der Waals surface area contributed by atoms with Crippen molar-refractivity contribution < 1.29 is 9.53 Å². The Hall–Kier alpha value is -3.22. The van der Waals surface area contributed by atoms with E-state index >= 15 is 0 Å². The summed E-state index contributed by atoms with van der Waals surface area (Å²) in [5, 5.41) is 15.7. The number of rotatable bonds is 4. The average Bonchev–Trinajstić information content (AvgIpc) is 3.22. The molecule has 7 nitrogen and oxygen atoms in total. The first-order valence-corrected chi connectivity index (χ1v) is 10.00. The quantitative estimate of drug-likeness (QED) is 0.720. The Morgan fingerprint density at radius 3 is 2.55 bits per heavy atom. The number of hydrogen-bond donors (Lipinski definition) is 1. The van der Waals surface area contributed by atoms with E-state index in [0.29, 0.717) is 11.6 Å². The minimum absolute atomic E-state index is 0.492. The Balaban J connectivity index is 1.68. The van der Waals surface area contributed by atoms with Gasteiger partial charge in [0.25, 0.3) is 0 Å². The van der Waals surface area contributed by atoms with E-state index in [1.54, 1.807) is 16.8 Å². The highest BCUT2D eigenvalue weighted by Gasteiger charge is 2.41. The Labute approximate surface area is 170 Å². The van der Waals surface area contributed by atoms with E-state index in [0.717, 1.165) is 48.9 Å². The largest absolute Gasteiger partial charge is 0.413 e. The molecule has 29 heavy (non-hydrogen) atoms. The van der Waals surface area contributed by atoms with Crippen molar-refractivity contribution >= 4 is 6.09 Å². The zero-order valence-electron chi connectivity index (χ0n) is 16.8. The number of ether oxygens (including phenoxy) is 1. The lowest BCUT2D eigenvalue weighted by Crippen LogP contribution is -2.50. The van der Waals surface area contributed by atoms with Crippen molar-refractivity contribution in [2.45, 2.75) is 51.5 Å². The summed E-state index contributed by atoms with van der Waals surface area (Å²) in [5.41, 5.74) is 2.54. The third kappa shape index (κ3) is 3.85. The van der Waals surface area contributed by atoms with E-state index in [1.807, 2.05) is 30.3 Å². The summed E-state index contributed by atoms with van der Waals surface area (Å²) in [6.07, 6.45) is 4.15. The van der Waals surface area contributed by atoms with Gasteiger partial charge in [-0.3, -0.25) is 0 Å². The van der Waals surface area contributed by atoms with E-state index in [4.69, 9.17) is 4.74 Å². The molecule has 0 unspecified atom stereocenters. The molecule has 1 aliphatic carbocycles. The maximum Gasteiger partial charge on any atom is 0.413 e. The van der Waals surface area contributed by atoms with Crippen LogP contribution in [0.3, 0.4) is 0 Å². The molecule has 0 aliphatic heterocycles. The molecule has 1 amide bonds. The molecule has 1 fully saturated rings. The first-order chi connectivity index (χ1) is 14.1. The van der Waals surface area contributed by atoms with Gasteiger partial charge in [0.2, 0.25) is 0 Å². The van der Waals surface area contributed by atoms with Crippen LogP contribution in [0.25, 0.3) is 5.69 Å². The van der Waals surface area contributed by atoms with Crippen molar-refractivity contribution in [3.63, 3.8) is 0 Å². The van der Waals surface area contributed by atoms with E-state index in [1.165, 1.54) is 0 Å². The molecule has 7 heteroatoms. The van der Waals surface area contributed by atoms with Gasteiger partial charge in [-0.1, -0.05) is 49.6 Å². The van der Waals surface area contributed by atoms with Crippen molar-refractivity contribution in [2.75, 3.05) is 0 Å². The number of nitrogens with one attached hydrogen (secondary N) is 1. The molecule has 1 heterocycles. The molecule has 4 rings (SSSR count). The molecule has 0 bridgehead atoms. The highest BCUT2D eigenvalue weighted by atomic mass is 16.6. The number of aromatic nitrogens is 4. The zero-order valence-corrected chi connectivity index (χ0v) is 16.8. The van der Waals surface area contributed by atoms with Crippen LogP contribution in [-0.2, 0) is 5.54 Å². The van der Waals surface area contributed by atoms with Crippen molar-refractivity contribution in [2.24, 2.45) is 0 Å². The first kappa shape index (κ1) is 19.1. The fourth-order valence-electron chi connectivity index (χ4n) is 3.99. The minimum atomic E-state index is -0.663. The molecule has 1 saturated carbocycles. The molecule has 3 aromatic rings. The zero-order chi connectivity index (χ0) is 20.3. The second-order valence-corrected chi connectivity index (χ2v) is 7.60. The molecule has 1 aromatic heterocycles. The van der Waals surface area contributed by atoms with Crippen molar-refractivity contribution in [1.29, 1.82) is 0 Å². The first-order valence-electron chi connectivity index (χ1n) is 10.00. The van der Waals surface area contributed by atoms with E-state index in [2.05, 4.69) is 40.8 Å². The summed E-state index contributed by atoms with van der Waals surface area (Å²) in [7, 11) is 0. The highest BCUT2D eigenvalue weighted by molar-refractivity contribution is 5.71. The van der Waals surface area contributed by atoms with Crippen molar-refractivity contribution in [3.8, 4) is 11.4 Å². The number of nitrogens with zero attached hydrogens (tertiary/aromatic N) is 4. The van der Waals surface area contributed by atoms with Gasteiger partial charge >= 0.3 is 6.09 Å². The lowest BCUT2D eigenvalue weighted by Gasteiger charge is -2.36. The maximum atomic E-state index is 12.7. The van der Waals surface area contributed by atoms with Gasteiger partial charge in [0.1, 0.15) is 11.3 Å². The highest BCUT2D eigenvalue weighted by Crippen LogP contribution is 2.37. The molecule has 1 aliphatic rings. The predicted octanol–water partition coefficient (Wildman–Crippen LogP) is 4.23. The van der Waals surface area contributed by atoms with Gasteiger partial charge in [-0.15, -0.1) is 5.10 Å². The summed E-state index contributed by atoms with van der Waals surface area (Å²) < 4.78 is 7.26. The average molecular weight is 391 g/mol. The number of carbonyl (C=O) groups is 1. The normalized spacial score (nSPS) is 15.7. The molecule has 150 valence electrons. The molecule has 1 N–H and O–H groups in total. The van der Waals surface area contributed by atoms with Crippen LogP contribution in [0.2, 0.25) is 0 Å². The van der Waals surface area contributed by atoms with Crippen LogP contribution in [0.1, 0.15) is 49.1 Å². The molecule has 2 aromatic carbocycles. The van der Waals surface area contributed by atoms with Crippen LogP contribution in [0, 0.1) is 13.8 Å². The standard InChI is InChI=1S/C22H25N5O2/c1-16-10-9-13-19(17(16)2)27-20(24-25-26-27)22(14-7-4-8-15-22)23-21(28)29-18-11-5-3-6-12-18/h3,5-6,9-13H,4,7-8,14-15H2,1-2H3,(H,23,28). The Kier molecular flexibility index (Phi) is 5.29. The van der Waals surface area contributed by atoms with Crippen molar-refractivity contribution in [1.82, 2.24) is 25.5 Å².